The quantitative estimate of drug-likeness (QED) is 0.296. The predicted molar refractivity (Wildman–Crippen MR) is 118 cm³/mol. The molecule has 1 aromatic heterocycles. The van der Waals surface area contributed by atoms with Gasteiger partial charge in [-0.2, -0.15) is 0 Å². The molecular weight excluding hydrogens is 439 g/mol. The second-order valence-corrected chi connectivity index (χ2v) is 5.83. The number of rotatable bonds is 7. The molecular formula is C20H27IN4O. The summed E-state index contributed by atoms with van der Waals surface area (Å²) in [6, 6.07) is 12.2. The van der Waals surface area contributed by atoms with Crippen molar-refractivity contribution in [2.45, 2.75) is 13.0 Å². The van der Waals surface area contributed by atoms with E-state index in [1.165, 1.54) is 11.3 Å². The Balaban J connectivity index is 0.00000338. The summed E-state index contributed by atoms with van der Waals surface area (Å²) >= 11 is 0. The van der Waals surface area contributed by atoms with Gasteiger partial charge in [-0.1, -0.05) is 18.1 Å². The third-order valence-electron chi connectivity index (χ3n) is 3.97. The van der Waals surface area contributed by atoms with Crippen molar-refractivity contribution in [2.24, 2.45) is 12.0 Å². The fraction of sp³-hybridized carbons (Fsp3) is 0.350. The first-order valence-corrected chi connectivity index (χ1v) is 8.31. The first kappa shape index (κ1) is 21.9. The third kappa shape index (κ3) is 6.64. The van der Waals surface area contributed by atoms with E-state index >= 15 is 0 Å². The van der Waals surface area contributed by atoms with Crippen LogP contribution in [-0.4, -0.2) is 42.7 Å². The number of nitrogens with zero attached hydrogens (tertiary/aromatic N) is 3. The molecule has 1 aromatic carbocycles. The van der Waals surface area contributed by atoms with Gasteiger partial charge < -0.3 is 19.5 Å². The Bertz CT molecular complexity index is 731. The highest BCUT2D eigenvalue weighted by Gasteiger charge is 2.08. The summed E-state index contributed by atoms with van der Waals surface area (Å²) in [5, 5.41) is 3.41. The Morgan fingerprint density at radius 1 is 1.31 bits per heavy atom. The van der Waals surface area contributed by atoms with Gasteiger partial charge in [0.25, 0.3) is 0 Å². The highest BCUT2D eigenvalue weighted by atomic mass is 127. The maximum absolute atomic E-state index is 5.38. The minimum Gasteiger partial charge on any atom is -0.481 e. The minimum absolute atomic E-state index is 0. The molecule has 1 heterocycles. The van der Waals surface area contributed by atoms with Crippen LogP contribution in [0.1, 0.15) is 11.3 Å². The van der Waals surface area contributed by atoms with Gasteiger partial charge in [0.2, 0.25) is 0 Å². The van der Waals surface area contributed by atoms with Crippen LogP contribution in [0.5, 0.6) is 5.75 Å². The van der Waals surface area contributed by atoms with E-state index in [4.69, 9.17) is 11.2 Å². The standard InChI is InChI=1S/C20H26N4O.HI/c1-5-15-25-19-10-8-17(9-11-19)12-13-22-20(21-2)24(4)16-18-7-6-14-23(18)3;/h1,6-11,14H,12-13,15-16H2,2-4H3,(H,21,22);1H. The SMILES string of the molecule is C#CCOc1ccc(CCNC(=NC)N(C)Cc2cccn2C)cc1.I. The van der Waals surface area contributed by atoms with Crippen LogP contribution in [0.3, 0.4) is 0 Å². The molecule has 0 atom stereocenters. The summed E-state index contributed by atoms with van der Waals surface area (Å²) < 4.78 is 7.50. The number of hydrogen-bond donors (Lipinski definition) is 1. The maximum Gasteiger partial charge on any atom is 0.193 e. The summed E-state index contributed by atoms with van der Waals surface area (Å²) in [7, 11) is 5.90. The molecule has 2 aromatic rings. The maximum atomic E-state index is 5.38. The molecule has 0 bridgehead atoms. The van der Waals surface area contributed by atoms with Crippen LogP contribution in [0.25, 0.3) is 0 Å². The summed E-state index contributed by atoms with van der Waals surface area (Å²) in [5.74, 6) is 4.15. The molecule has 0 aliphatic heterocycles. The van der Waals surface area contributed by atoms with Gasteiger partial charge in [-0.05, 0) is 36.2 Å². The summed E-state index contributed by atoms with van der Waals surface area (Å²) in [6.45, 7) is 1.92. The molecule has 0 unspecified atom stereocenters. The molecule has 6 heteroatoms. The molecule has 0 aliphatic carbocycles. The van der Waals surface area contributed by atoms with Crippen LogP contribution in [0, 0.1) is 12.3 Å². The molecule has 140 valence electrons. The molecule has 26 heavy (non-hydrogen) atoms. The van der Waals surface area contributed by atoms with E-state index in [2.05, 4.69) is 63.2 Å². The number of nitrogens with one attached hydrogen (secondary N) is 1. The summed E-state index contributed by atoms with van der Waals surface area (Å²) in [4.78, 5) is 6.48. The van der Waals surface area contributed by atoms with Gasteiger partial charge in [0.1, 0.15) is 12.4 Å². The molecule has 0 saturated carbocycles. The van der Waals surface area contributed by atoms with E-state index in [0.717, 1.165) is 31.2 Å². The smallest absolute Gasteiger partial charge is 0.193 e. The van der Waals surface area contributed by atoms with Crippen molar-refractivity contribution < 1.29 is 4.74 Å². The van der Waals surface area contributed by atoms with Gasteiger partial charge in [0.15, 0.2) is 5.96 Å². The van der Waals surface area contributed by atoms with E-state index in [1.807, 2.05) is 19.2 Å². The first-order chi connectivity index (χ1) is 12.1. The zero-order valence-corrected chi connectivity index (χ0v) is 17.9. The lowest BCUT2D eigenvalue weighted by atomic mass is 10.1. The van der Waals surface area contributed by atoms with Gasteiger partial charge in [-0.25, -0.2) is 0 Å². The number of aryl methyl sites for hydroxylation is 1. The number of terminal acetylenes is 1. The van der Waals surface area contributed by atoms with Crippen molar-refractivity contribution >= 4 is 29.9 Å². The fourth-order valence-corrected chi connectivity index (χ4v) is 2.56. The molecule has 0 saturated heterocycles. The monoisotopic (exact) mass is 466 g/mol. The fourth-order valence-electron chi connectivity index (χ4n) is 2.56. The highest BCUT2D eigenvalue weighted by Crippen LogP contribution is 2.12. The largest absolute Gasteiger partial charge is 0.481 e. The number of benzene rings is 1. The third-order valence-corrected chi connectivity index (χ3v) is 3.97. The number of aliphatic imine (C=N–C) groups is 1. The van der Waals surface area contributed by atoms with Crippen molar-refractivity contribution in [3.63, 3.8) is 0 Å². The zero-order chi connectivity index (χ0) is 18.1. The molecule has 0 radical (unpaired) electrons. The lowest BCUT2D eigenvalue weighted by molar-refractivity contribution is 0.370. The van der Waals surface area contributed by atoms with Crippen molar-refractivity contribution in [1.29, 1.82) is 0 Å². The molecule has 0 spiro atoms. The number of halogens is 1. The van der Waals surface area contributed by atoms with Crippen molar-refractivity contribution in [3.05, 3.63) is 53.9 Å². The van der Waals surface area contributed by atoms with Gasteiger partial charge in [-0.15, -0.1) is 30.4 Å². The Hall–Kier alpha value is -2.14. The van der Waals surface area contributed by atoms with Crippen LogP contribution in [-0.2, 0) is 20.0 Å². The van der Waals surface area contributed by atoms with Gasteiger partial charge in [-0.3, -0.25) is 4.99 Å². The average molecular weight is 466 g/mol. The molecule has 0 amide bonds. The van der Waals surface area contributed by atoms with E-state index in [-0.39, 0.29) is 24.0 Å². The van der Waals surface area contributed by atoms with Crippen molar-refractivity contribution in [1.82, 2.24) is 14.8 Å². The first-order valence-electron chi connectivity index (χ1n) is 8.31. The van der Waals surface area contributed by atoms with Gasteiger partial charge in [0.05, 0.1) is 6.54 Å². The lowest BCUT2D eigenvalue weighted by Gasteiger charge is -2.22. The Morgan fingerprint density at radius 2 is 2.04 bits per heavy atom. The van der Waals surface area contributed by atoms with Crippen molar-refractivity contribution in [3.8, 4) is 18.1 Å². The van der Waals surface area contributed by atoms with Gasteiger partial charge in [0, 0.05) is 39.6 Å². The predicted octanol–water partition coefficient (Wildman–Crippen LogP) is 2.91. The molecule has 2 rings (SSSR count). The molecule has 0 aliphatic rings. The van der Waals surface area contributed by atoms with Crippen LogP contribution < -0.4 is 10.1 Å². The van der Waals surface area contributed by atoms with E-state index in [9.17, 15) is 0 Å². The highest BCUT2D eigenvalue weighted by molar-refractivity contribution is 14.0. The zero-order valence-electron chi connectivity index (χ0n) is 15.6. The molecule has 1 N–H and O–H groups in total. The normalized spacial score (nSPS) is 10.6. The Kier molecular flexibility index (Phi) is 9.66. The van der Waals surface area contributed by atoms with E-state index in [1.54, 1.807) is 7.05 Å². The number of aromatic nitrogens is 1. The second-order valence-electron chi connectivity index (χ2n) is 5.83. The lowest BCUT2D eigenvalue weighted by Crippen LogP contribution is -2.39. The number of guanidine groups is 1. The minimum atomic E-state index is 0. The Labute approximate surface area is 173 Å². The molecule has 0 fully saturated rings. The van der Waals surface area contributed by atoms with Crippen LogP contribution in [0.15, 0.2) is 47.6 Å². The van der Waals surface area contributed by atoms with E-state index in [0.29, 0.717) is 6.61 Å². The summed E-state index contributed by atoms with van der Waals surface area (Å²) in [5.41, 5.74) is 2.48. The summed E-state index contributed by atoms with van der Waals surface area (Å²) in [6.07, 6.45) is 8.15. The Morgan fingerprint density at radius 3 is 2.62 bits per heavy atom. The van der Waals surface area contributed by atoms with E-state index < -0.39 is 0 Å². The van der Waals surface area contributed by atoms with Crippen molar-refractivity contribution in [2.75, 3.05) is 27.2 Å². The topological polar surface area (TPSA) is 41.8 Å². The van der Waals surface area contributed by atoms with Crippen LogP contribution in [0.4, 0.5) is 0 Å². The second kappa shape index (κ2) is 11.5. The molecule has 5 nitrogen and oxygen atoms in total. The van der Waals surface area contributed by atoms with Crippen LogP contribution in [0.2, 0.25) is 0 Å². The van der Waals surface area contributed by atoms with Crippen LogP contribution >= 0.6 is 24.0 Å². The van der Waals surface area contributed by atoms with Gasteiger partial charge >= 0.3 is 0 Å². The average Bonchev–Trinajstić information content (AvgIpc) is 3.02. The number of hydrogen-bond acceptors (Lipinski definition) is 2. The number of ether oxygens (including phenoxy) is 1.